The number of rotatable bonds is 5. The van der Waals surface area contributed by atoms with Crippen molar-refractivity contribution in [2.45, 2.75) is 56.7 Å². The van der Waals surface area contributed by atoms with Gasteiger partial charge in [-0.15, -0.1) is 23.8 Å². The van der Waals surface area contributed by atoms with Crippen molar-refractivity contribution in [2.24, 2.45) is 0 Å². The minimum Gasteiger partial charge on any atom is 0 e. The molecule has 0 N–H and O–H groups in total. The fourth-order valence-corrected chi connectivity index (χ4v) is 9.35. The Bertz CT molecular complexity index is 1870. The van der Waals surface area contributed by atoms with E-state index in [1.54, 1.807) is 0 Å². The summed E-state index contributed by atoms with van der Waals surface area (Å²) in [4.78, 5) is 9.13. The first-order valence-corrected chi connectivity index (χ1v) is 26.2. The summed E-state index contributed by atoms with van der Waals surface area (Å²) in [6.45, 7) is 11.0. The average Bonchev–Trinajstić information content (AvgIpc) is 3.35. The summed E-state index contributed by atoms with van der Waals surface area (Å²) in [7, 11) is -1.35. The molecule has 0 unspecified atom stereocenters. The summed E-state index contributed by atoms with van der Waals surface area (Å²) in [5.74, 6) is 6.50. The van der Waals surface area contributed by atoms with E-state index in [-0.39, 0.29) is 20.1 Å². The van der Waals surface area contributed by atoms with Crippen LogP contribution in [0.4, 0.5) is 0 Å². The molecule has 0 atom stereocenters. The fourth-order valence-electron chi connectivity index (χ4n) is 4.83. The molecule has 223 valence electrons. The van der Waals surface area contributed by atoms with E-state index in [2.05, 4.69) is 95.4 Å². The van der Waals surface area contributed by atoms with Gasteiger partial charge >= 0.3 is 99.8 Å². The Morgan fingerprint density at radius 3 is 2.26 bits per heavy atom. The fraction of sp³-hybridized carbons (Fsp3) is 0.243. The van der Waals surface area contributed by atoms with Crippen LogP contribution in [0.15, 0.2) is 91.3 Å². The molecule has 0 saturated carbocycles. The molecule has 0 spiro atoms. The largest absolute Gasteiger partial charge is 0 e. The van der Waals surface area contributed by atoms with Gasteiger partial charge in [0.1, 0.15) is 0 Å². The second-order valence-corrected chi connectivity index (χ2v) is 29.8. The maximum Gasteiger partial charge on any atom is 0 e. The molecular weight excluding hydrogens is 797 g/mol. The first kappa shape index (κ1) is 32.0. The van der Waals surface area contributed by atoms with Crippen LogP contribution in [0, 0.1) is 12.1 Å². The molecule has 0 bridgehead atoms. The van der Waals surface area contributed by atoms with Crippen molar-refractivity contribution in [3.05, 3.63) is 109 Å². The normalized spacial score (nSPS) is 12.3. The Morgan fingerprint density at radius 1 is 0.837 bits per heavy atom. The average molecular weight is 839 g/mol. The Labute approximate surface area is 280 Å². The number of benzene rings is 3. The molecule has 0 aliphatic heterocycles. The van der Waals surface area contributed by atoms with Crippen molar-refractivity contribution in [1.82, 2.24) is 9.97 Å². The van der Waals surface area contributed by atoms with Gasteiger partial charge in [-0.05, 0) is 33.8 Å². The third-order valence-corrected chi connectivity index (χ3v) is 15.0. The second kappa shape index (κ2) is 13.7. The van der Waals surface area contributed by atoms with Crippen molar-refractivity contribution >= 4 is 62.4 Å². The molecule has 3 aromatic heterocycles. The number of aromatic nitrogens is 2. The number of fused-ring (bicyclic) bond motifs is 3. The van der Waals surface area contributed by atoms with Crippen molar-refractivity contribution in [3.8, 4) is 22.5 Å². The minimum atomic E-state index is -1.72. The van der Waals surface area contributed by atoms with Crippen LogP contribution in [0.1, 0.15) is 26.7 Å². The standard InChI is InChI=1S/C23H24NSSi.C14H16GeN.Ir/c1-15(2)16-11-12-24-21(13-16)19-8-6-7-18-20-14-17(26(3,4)5)9-10-22(20)25-23(18)19;1-15(2,3)13-9-10-14(16-11-13)12-7-5-4-6-8-12;/h6-7,9-15H,1-5H3;4-7,9-11H,1-3H3;/q2*-1;/i15D;;. The van der Waals surface area contributed by atoms with Crippen LogP contribution in [0.2, 0.25) is 36.9 Å². The first-order valence-electron chi connectivity index (χ1n) is 15.0. The van der Waals surface area contributed by atoms with Crippen LogP contribution < -0.4 is 9.58 Å². The number of nitrogens with zero attached hydrogens (tertiary/aromatic N) is 2. The molecule has 3 aromatic carbocycles. The number of pyridine rings is 2. The SMILES string of the molecule is [2H]C(C)(C)c1ccnc(-c2[c-]ccc3c2sc2ccc([Si](C)(C)C)cc23)c1.[CH3][Ge]([CH3])([CH3])[c]1ccc(-c2[c-]cccc2)nc1.[Ir]. The Balaban J connectivity index is 0.000000223. The van der Waals surface area contributed by atoms with Crippen molar-refractivity contribution in [3.63, 3.8) is 0 Å². The van der Waals surface area contributed by atoms with Crippen LogP contribution >= 0.6 is 11.3 Å². The Kier molecular flexibility index (Phi) is 10.2. The molecule has 0 fully saturated rings. The van der Waals surface area contributed by atoms with Gasteiger partial charge in [0.2, 0.25) is 0 Å². The molecule has 3 heterocycles. The zero-order valence-electron chi connectivity index (χ0n) is 27.3. The Morgan fingerprint density at radius 2 is 1.63 bits per heavy atom. The van der Waals surface area contributed by atoms with Gasteiger partial charge in [-0.2, -0.15) is 11.3 Å². The minimum absolute atomic E-state index is 0. The number of thiophene rings is 1. The molecule has 0 amide bonds. The van der Waals surface area contributed by atoms with E-state index in [0.29, 0.717) is 0 Å². The monoisotopic (exact) mass is 840 g/mol. The van der Waals surface area contributed by atoms with Gasteiger partial charge in [-0.3, -0.25) is 0 Å². The van der Waals surface area contributed by atoms with Crippen molar-refractivity contribution in [2.75, 3.05) is 0 Å². The molecule has 43 heavy (non-hydrogen) atoms. The van der Waals surface area contributed by atoms with Gasteiger partial charge in [0.05, 0.1) is 8.07 Å². The number of hydrogen-bond donors (Lipinski definition) is 0. The van der Waals surface area contributed by atoms with E-state index in [1.165, 1.54) is 29.8 Å². The second-order valence-electron chi connectivity index (χ2n) is 13.0. The van der Waals surface area contributed by atoms with Crippen LogP contribution in [-0.4, -0.2) is 31.3 Å². The topological polar surface area (TPSA) is 25.8 Å². The summed E-state index contributed by atoms with van der Waals surface area (Å²) >= 11 is 0.0972. The molecular formula is C37H40GeIrN2SSi-2. The molecule has 2 nitrogen and oxygen atoms in total. The van der Waals surface area contributed by atoms with E-state index in [9.17, 15) is 0 Å². The predicted octanol–water partition coefficient (Wildman–Crippen LogP) is 9.68. The van der Waals surface area contributed by atoms with Gasteiger partial charge in [0.15, 0.2) is 0 Å². The molecule has 6 rings (SSSR count). The van der Waals surface area contributed by atoms with E-state index in [1.807, 2.05) is 80.0 Å². The maximum atomic E-state index is 8.33. The van der Waals surface area contributed by atoms with Crippen LogP contribution in [0.25, 0.3) is 42.7 Å². The smallest absolute Gasteiger partial charge is 0 e. The van der Waals surface area contributed by atoms with Crippen LogP contribution in [0.3, 0.4) is 0 Å². The molecule has 0 aliphatic carbocycles. The third kappa shape index (κ3) is 7.82. The van der Waals surface area contributed by atoms with Gasteiger partial charge in [-0.1, -0.05) is 67.8 Å². The van der Waals surface area contributed by atoms with E-state index in [4.69, 9.17) is 1.37 Å². The molecule has 0 aliphatic rings. The summed E-state index contributed by atoms with van der Waals surface area (Å²) in [6, 6.07) is 34.0. The predicted molar refractivity (Wildman–Crippen MR) is 190 cm³/mol. The Hall–Kier alpha value is -2.41. The van der Waals surface area contributed by atoms with Crippen molar-refractivity contribution in [1.29, 1.82) is 0 Å². The van der Waals surface area contributed by atoms with Gasteiger partial charge < -0.3 is 4.98 Å². The van der Waals surface area contributed by atoms with E-state index < -0.39 is 27.2 Å². The molecule has 6 aromatic rings. The molecule has 1 radical (unpaired) electrons. The summed E-state index contributed by atoms with van der Waals surface area (Å²) in [6.07, 6.45) is 3.85. The molecule has 0 saturated heterocycles. The third-order valence-electron chi connectivity index (χ3n) is 7.51. The molecule has 6 heteroatoms. The van der Waals surface area contributed by atoms with Gasteiger partial charge in [0, 0.05) is 32.4 Å². The van der Waals surface area contributed by atoms with E-state index in [0.717, 1.165) is 28.1 Å². The van der Waals surface area contributed by atoms with Crippen LogP contribution in [-0.2, 0) is 20.1 Å². The van der Waals surface area contributed by atoms with Crippen LogP contribution in [0.5, 0.6) is 0 Å². The zero-order valence-corrected chi connectivity index (χ0v) is 32.6. The zero-order chi connectivity index (χ0) is 31.0. The number of hydrogen-bond acceptors (Lipinski definition) is 3. The van der Waals surface area contributed by atoms with E-state index >= 15 is 0 Å². The van der Waals surface area contributed by atoms with Crippen molar-refractivity contribution < 1.29 is 21.5 Å². The van der Waals surface area contributed by atoms with Gasteiger partial charge in [-0.25, -0.2) is 0 Å². The first-order chi connectivity index (χ1) is 20.2. The van der Waals surface area contributed by atoms with Gasteiger partial charge in [0.25, 0.3) is 0 Å². The maximum absolute atomic E-state index is 8.33. The summed E-state index contributed by atoms with van der Waals surface area (Å²) < 4.78 is 12.3. The summed E-state index contributed by atoms with van der Waals surface area (Å²) in [5.41, 5.74) is 4.98. The quantitative estimate of drug-likeness (QED) is 0.128. The summed E-state index contributed by atoms with van der Waals surface area (Å²) in [5, 5.41) is 4.10.